The van der Waals surface area contributed by atoms with Crippen molar-refractivity contribution >= 4 is 37.3 Å². The molecule has 3 N–H and O–H groups in total. The Bertz CT molecular complexity index is 912. The van der Waals surface area contributed by atoms with Crippen molar-refractivity contribution in [3.63, 3.8) is 0 Å². The number of nitrogens with two attached hydrogens (primary N) is 1. The first-order valence-corrected chi connectivity index (χ1v) is 12.5. The number of carbonyl (C=O) groups is 1. The number of methoxy groups -OCH3 is 1. The van der Waals surface area contributed by atoms with Gasteiger partial charge in [-0.05, 0) is 19.0 Å². The van der Waals surface area contributed by atoms with E-state index in [0.717, 1.165) is 0 Å². The maximum absolute atomic E-state index is 13.0. The fourth-order valence-electron chi connectivity index (χ4n) is 3.01. The van der Waals surface area contributed by atoms with Gasteiger partial charge in [-0.3, -0.25) is 9.69 Å². The summed E-state index contributed by atoms with van der Waals surface area (Å²) in [5.74, 6) is -0.213. The molecule has 0 radical (unpaired) electrons. The summed E-state index contributed by atoms with van der Waals surface area (Å²) in [6.45, 7) is 4.80. The van der Waals surface area contributed by atoms with Crippen LogP contribution in [0.4, 0.5) is 0 Å². The minimum Gasteiger partial charge on any atom is -0.385 e. The Kier molecular flexibility index (Phi) is 7.58. The smallest absolute Gasteiger partial charge is 0.252 e. The van der Waals surface area contributed by atoms with Gasteiger partial charge < -0.3 is 10.1 Å². The van der Waals surface area contributed by atoms with E-state index in [1.165, 1.54) is 24.4 Å². The molecule has 13 heteroatoms. The monoisotopic (exact) mass is 454 g/mol. The summed E-state index contributed by atoms with van der Waals surface area (Å²) in [5.41, 5.74) is 0.393. The molecule has 28 heavy (non-hydrogen) atoms. The van der Waals surface area contributed by atoms with Gasteiger partial charge in [0, 0.05) is 39.3 Å². The van der Waals surface area contributed by atoms with Gasteiger partial charge in [0.15, 0.2) is 0 Å². The molecule has 1 atom stereocenters. The van der Waals surface area contributed by atoms with Crippen LogP contribution in [0.2, 0.25) is 0 Å². The van der Waals surface area contributed by atoms with Crippen LogP contribution in [0.15, 0.2) is 14.5 Å². The Morgan fingerprint density at radius 2 is 2.18 bits per heavy atom. The summed E-state index contributed by atoms with van der Waals surface area (Å²) in [4.78, 5) is 13.2. The molecule has 2 rings (SSSR count). The van der Waals surface area contributed by atoms with Crippen molar-refractivity contribution in [3.05, 3.63) is 11.6 Å². The topological polar surface area (TPSA) is 139 Å². The van der Waals surface area contributed by atoms with Crippen molar-refractivity contribution in [3.8, 4) is 0 Å². The average Bonchev–Trinajstić information content (AvgIpc) is 3.05. The fraction of sp³-hybridized carbons (Fsp3) is 0.667. The summed E-state index contributed by atoms with van der Waals surface area (Å²) < 4.78 is 55.8. The van der Waals surface area contributed by atoms with Crippen LogP contribution in [0, 0.1) is 0 Å². The molecule has 0 spiro atoms. The van der Waals surface area contributed by atoms with Crippen LogP contribution in [0.5, 0.6) is 0 Å². The minimum absolute atomic E-state index is 0.0218. The number of carbonyl (C=O) groups excluding carboxylic acids is 1. The zero-order valence-corrected chi connectivity index (χ0v) is 18.5. The van der Waals surface area contributed by atoms with Gasteiger partial charge >= 0.3 is 0 Å². The van der Waals surface area contributed by atoms with E-state index in [1.807, 2.05) is 11.8 Å². The van der Waals surface area contributed by atoms with Crippen LogP contribution >= 0.6 is 11.3 Å². The second-order valence-corrected chi connectivity index (χ2v) is 11.3. The number of rotatable bonds is 9. The molecule has 0 saturated carbocycles. The molecular weight excluding hydrogens is 428 g/mol. The van der Waals surface area contributed by atoms with E-state index < -0.39 is 26.1 Å². The number of sulfonamides is 2. The zero-order valence-electron chi connectivity index (χ0n) is 16.0. The lowest BCUT2D eigenvalue weighted by Gasteiger charge is -2.38. The SMILES string of the molecule is CCN(CNC(C)=O)[C@H]1CN(CCCOC)S(=O)(=O)c2sc(S(N)(=O)=O)cc21. The molecule has 0 saturated heterocycles. The van der Waals surface area contributed by atoms with E-state index in [4.69, 9.17) is 9.88 Å². The molecule has 1 amide bonds. The third kappa shape index (κ3) is 5.09. The second-order valence-electron chi connectivity index (χ2n) is 6.37. The number of nitrogens with zero attached hydrogens (tertiary/aromatic N) is 2. The van der Waals surface area contributed by atoms with Crippen LogP contribution in [-0.4, -0.2) is 72.0 Å². The van der Waals surface area contributed by atoms with Crippen molar-refractivity contribution < 1.29 is 26.4 Å². The predicted molar refractivity (Wildman–Crippen MR) is 105 cm³/mol. The third-order valence-electron chi connectivity index (χ3n) is 4.43. The largest absolute Gasteiger partial charge is 0.385 e. The summed E-state index contributed by atoms with van der Waals surface area (Å²) >= 11 is 0.660. The standard InChI is InChI=1S/C15H26N4O6S3/c1-4-18(10-17-11(2)20)13-9-19(6-5-7-25-3)28(23,24)15-12(13)8-14(26-15)27(16,21)22/h8,13H,4-7,9-10H2,1-3H3,(H,17,20)(H2,16,21,22)/t13-/m0/s1. The van der Waals surface area contributed by atoms with Crippen LogP contribution in [0.3, 0.4) is 0 Å². The predicted octanol–water partition coefficient (Wildman–Crippen LogP) is -0.107. The molecule has 2 heterocycles. The quantitative estimate of drug-likeness (QED) is 0.392. The van der Waals surface area contributed by atoms with Gasteiger partial charge in [-0.15, -0.1) is 11.3 Å². The van der Waals surface area contributed by atoms with Gasteiger partial charge in [0.1, 0.15) is 8.42 Å². The van der Waals surface area contributed by atoms with Gasteiger partial charge in [-0.2, -0.15) is 4.31 Å². The van der Waals surface area contributed by atoms with Gasteiger partial charge in [-0.1, -0.05) is 6.92 Å². The van der Waals surface area contributed by atoms with E-state index in [0.29, 0.717) is 36.5 Å². The number of hydrogen-bond donors (Lipinski definition) is 2. The first-order valence-electron chi connectivity index (χ1n) is 8.66. The number of hydrogen-bond acceptors (Lipinski definition) is 8. The molecule has 1 aliphatic rings. The van der Waals surface area contributed by atoms with Crippen molar-refractivity contribution in [2.24, 2.45) is 5.14 Å². The highest BCUT2D eigenvalue weighted by Crippen LogP contribution is 2.42. The van der Waals surface area contributed by atoms with Crippen molar-refractivity contribution in [2.45, 2.75) is 34.7 Å². The number of fused-ring (bicyclic) bond motifs is 1. The van der Waals surface area contributed by atoms with E-state index in [-0.39, 0.29) is 34.1 Å². The van der Waals surface area contributed by atoms with Gasteiger partial charge in [0.05, 0.1) is 12.7 Å². The lowest BCUT2D eigenvalue weighted by Crippen LogP contribution is -2.48. The summed E-state index contributed by atoms with van der Waals surface area (Å²) in [6, 6.07) is 0.921. The van der Waals surface area contributed by atoms with Gasteiger partial charge in [-0.25, -0.2) is 22.0 Å². The van der Waals surface area contributed by atoms with Crippen LogP contribution < -0.4 is 10.5 Å². The fourth-order valence-corrected chi connectivity index (χ4v) is 7.30. The molecule has 160 valence electrons. The molecule has 0 fully saturated rings. The Labute approximate surface area is 169 Å². The Balaban J connectivity index is 2.49. The first kappa shape index (κ1) is 23.2. The van der Waals surface area contributed by atoms with Gasteiger partial charge in [0.25, 0.3) is 10.0 Å². The number of ether oxygens (including phenoxy) is 1. The highest BCUT2D eigenvalue weighted by Gasteiger charge is 2.41. The Hall–Kier alpha value is -1.09. The molecule has 0 unspecified atom stereocenters. The van der Waals surface area contributed by atoms with Crippen LogP contribution in [-0.2, 0) is 29.6 Å². The number of amides is 1. The zero-order chi connectivity index (χ0) is 21.1. The lowest BCUT2D eigenvalue weighted by atomic mass is 10.1. The third-order valence-corrected chi connectivity index (χ3v) is 9.39. The van der Waals surface area contributed by atoms with Crippen molar-refractivity contribution in [1.29, 1.82) is 0 Å². The first-order chi connectivity index (χ1) is 13.0. The number of thiophene rings is 1. The molecule has 1 aliphatic heterocycles. The molecule has 1 aromatic heterocycles. The maximum atomic E-state index is 13.0. The van der Waals surface area contributed by atoms with Crippen molar-refractivity contribution in [1.82, 2.24) is 14.5 Å². The highest BCUT2D eigenvalue weighted by atomic mass is 32.3. The van der Waals surface area contributed by atoms with E-state index in [2.05, 4.69) is 5.32 Å². The minimum atomic E-state index is -4.04. The summed E-state index contributed by atoms with van der Waals surface area (Å²) in [6.07, 6.45) is 0.503. The normalized spacial score (nSPS) is 19.5. The number of likely N-dealkylation sites (N-methyl/N-ethyl adjacent to an activating group) is 1. The highest BCUT2D eigenvalue weighted by molar-refractivity contribution is 7.94. The van der Waals surface area contributed by atoms with E-state index >= 15 is 0 Å². The Morgan fingerprint density at radius 3 is 2.71 bits per heavy atom. The molecule has 1 aromatic rings. The lowest BCUT2D eigenvalue weighted by molar-refractivity contribution is -0.119. The van der Waals surface area contributed by atoms with E-state index in [1.54, 1.807) is 0 Å². The molecule has 0 aliphatic carbocycles. The molecule has 10 nitrogen and oxygen atoms in total. The second kappa shape index (κ2) is 9.15. The van der Waals surface area contributed by atoms with Gasteiger partial charge in [0.2, 0.25) is 15.9 Å². The van der Waals surface area contributed by atoms with Crippen molar-refractivity contribution in [2.75, 3.05) is 40.0 Å². The molecule has 0 aromatic carbocycles. The maximum Gasteiger partial charge on any atom is 0.252 e. The van der Waals surface area contributed by atoms with E-state index in [9.17, 15) is 21.6 Å². The molecule has 0 bridgehead atoms. The summed E-state index contributed by atoms with van der Waals surface area (Å²) in [7, 11) is -6.35. The summed E-state index contributed by atoms with van der Waals surface area (Å²) in [5, 5.41) is 7.94. The number of nitrogens with one attached hydrogen (secondary N) is 1. The number of primary sulfonamides is 1. The van der Waals surface area contributed by atoms with Crippen LogP contribution in [0.25, 0.3) is 0 Å². The molecular formula is C15H26N4O6S3. The van der Waals surface area contributed by atoms with Crippen LogP contribution in [0.1, 0.15) is 31.9 Å². The average molecular weight is 455 g/mol. The Morgan fingerprint density at radius 1 is 1.50 bits per heavy atom.